The van der Waals surface area contributed by atoms with E-state index in [-0.39, 0.29) is 11.7 Å². The van der Waals surface area contributed by atoms with E-state index >= 15 is 0 Å². The monoisotopic (exact) mass is 436 g/mol. The number of halogens is 1. The predicted molar refractivity (Wildman–Crippen MR) is 119 cm³/mol. The van der Waals surface area contributed by atoms with Crippen LogP contribution < -0.4 is 10.1 Å². The Labute approximate surface area is 182 Å². The van der Waals surface area contributed by atoms with E-state index < -0.39 is 0 Å². The van der Waals surface area contributed by atoms with Gasteiger partial charge in [-0.2, -0.15) is 0 Å². The fraction of sp³-hybridized carbons (Fsp3) is 0.0455. The largest absolute Gasteiger partial charge is 0.455 e. The Balaban J connectivity index is 1.44. The Morgan fingerprint density at radius 3 is 2.53 bits per heavy atom. The van der Waals surface area contributed by atoms with Crippen LogP contribution in [0.3, 0.4) is 0 Å². The summed E-state index contributed by atoms with van der Waals surface area (Å²) in [5.41, 5.74) is 1.43. The maximum absolute atomic E-state index is 12.6. The highest BCUT2D eigenvalue weighted by molar-refractivity contribution is 7.99. The Hall–Kier alpha value is -3.29. The summed E-state index contributed by atoms with van der Waals surface area (Å²) in [6, 6.07) is 24.2. The molecule has 150 valence electrons. The number of hydrogen-bond acceptors (Lipinski definition) is 5. The molecular formula is C22H17ClN4O2S. The van der Waals surface area contributed by atoms with Gasteiger partial charge in [0.1, 0.15) is 12.1 Å². The third-order valence-electron chi connectivity index (χ3n) is 4.07. The fourth-order valence-electron chi connectivity index (χ4n) is 2.71. The van der Waals surface area contributed by atoms with Crippen LogP contribution >= 0.6 is 23.4 Å². The van der Waals surface area contributed by atoms with Crippen molar-refractivity contribution >= 4 is 35.0 Å². The minimum absolute atomic E-state index is 0.156. The first-order chi connectivity index (χ1) is 14.7. The summed E-state index contributed by atoms with van der Waals surface area (Å²) < 4.78 is 7.72. The predicted octanol–water partition coefficient (Wildman–Crippen LogP) is 5.44. The molecule has 1 aromatic heterocycles. The summed E-state index contributed by atoms with van der Waals surface area (Å²) in [4.78, 5) is 12.6. The average molecular weight is 437 g/mol. The van der Waals surface area contributed by atoms with Crippen LogP contribution in [0.1, 0.15) is 0 Å². The minimum Gasteiger partial charge on any atom is -0.455 e. The number of nitrogens with one attached hydrogen (secondary N) is 1. The van der Waals surface area contributed by atoms with Crippen molar-refractivity contribution < 1.29 is 9.53 Å². The number of anilines is 1. The van der Waals surface area contributed by atoms with Crippen molar-refractivity contribution in [2.24, 2.45) is 0 Å². The van der Waals surface area contributed by atoms with Gasteiger partial charge in [-0.15, -0.1) is 10.2 Å². The smallest absolute Gasteiger partial charge is 0.234 e. The van der Waals surface area contributed by atoms with Crippen molar-refractivity contribution in [1.29, 1.82) is 0 Å². The van der Waals surface area contributed by atoms with Crippen LogP contribution in [0, 0.1) is 0 Å². The molecule has 6 nitrogen and oxygen atoms in total. The Morgan fingerprint density at radius 1 is 1.03 bits per heavy atom. The number of carbonyl (C=O) groups excluding carboxylic acids is 1. The number of amides is 1. The first-order valence-electron chi connectivity index (χ1n) is 9.09. The molecule has 0 aliphatic rings. The number of para-hydroxylation sites is 2. The van der Waals surface area contributed by atoms with Crippen molar-refractivity contribution in [1.82, 2.24) is 14.8 Å². The molecule has 0 aliphatic heterocycles. The first-order valence-corrected chi connectivity index (χ1v) is 10.5. The molecular weight excluding hydrogens is 420 g/mol. The summed E-state index contributed by atoms with van der Waals surface area (Å²) >= 11 is 7.41. The summed E-state index contributed by atoms with van der Waals surface area (Å²) in [5.74, 6) is 1.13. The molecule has 0 unspecified atom stereocenters. The summed E-state index contributed by atoms with van der Waals surface area (Å²) in [6.45, 7) is 0. The molecule has 1 amide bonds. The highest BCUT2D eigenvalue weighted by atomic mass is 35.5. The van der Waals surface area contributed by atoms with E-state index in [9.17, 15) is 4.79 Å². The molecule has 4 rings (SSSR count). The second-order valence-corrected chi connectivity index (χ2v) is 7.59. The van der Waals surface area contributed by atoms with Crippen LogP contribution in [-0.2, 0) is 4.79 Å². The third kappa shape index (κ3) is 5.00. The summed E-state index contributed by atoms with van der Waals surface area (Å²) in [5, 5.41) is 12.1. The Kier molecular flexibility index (Phi) is 6.32. The van der Waals surface area contributed by atoms with Crippen LogP contribution in [-0.4, -0.2) is 26.4 Å². The topological polar surface area (TPSA) is 69.0 Å². The van der Waals surface area contributed by atoms with Gasteiger partial charge in [-0.3, -0.25) is 9.36 Å². The van der Waals surface area contributed by atoms with Gasteiger partial charge in [0.2, 0.25) is 5.91 Å². The zero-order chi connectivity index (χ0) is 20.8. The molecule has 3 aromatic carbocycles. The number of benzene rings is 3. The first kappa shape index (κ1) is 20.0. The maximum Gasteiger partial charge on any atom is 0.234 e. The minimum atomic E-state index is -0.206. The highest BCUT2D eigenvalue weighted by Gasteiger charge is 2.13. The number of nitrogens with zero attached hydrogens (tertiary/aromatic N) is 3. The van der Waals surface area contributed by atoms with Gasteiger partial charge in [-0.25, -0.2) is 0 Å². The van der Waals surface area contributed by atoms with E-state index in [1.54, 1.807) is 24.5 Å². The lowest BCUT2D eigenvalue weighted by Gasteiger charge is -2.13. The normalized spacial score (nSPS) is 10.6. The van der Waals surface area contributed by atoms with Crippen molar-refractivity contribution in [2.75, 3.05) is 11.1 Å². The number of rotatable bonds is 7. The van der Waals surface area contributed by atoms with Crippen molar-refractivity contribution in [3.8, 4) is 17.2 Å². The Bertz CT molecular complexity index is 1140. The van der Waals surface area contributed by atoms with Crippen LogP contribution in [0.5, 0.6) is 11.5 Å². The Morgan fingerprint density at radius 2 is 1.77 bits per heavy atom. The molecule has 0 spiro atoms. The van der Waals surface area contributed by atoms with Gasteiger partial charge in [0.15, 0.2) is 10.9 Å². The molecule has 0 radical (unpaired) electrons. The molecule has 0 atom stereocenters. The van der Waals surface area contributed by atoms with Gasteiger partial charge >= 0.3 is 0 Å². The van der Waals surface area contributed by atoms with Crippen LogP contribution in [0.25, 0.3) is 5.69 Å². The number of hydrogen-bond donors (Lipinski definition) is 1. The number of carbonyl (C=O) groups is 1. The van der Waals surface area contributed by atoms with Crippen molar-refractivity contribution in [3.05, 3.63) is 90.2 Å². The van der Waals surface area contributed by atoms with Crippen molar-refractivity contribution in [2.45, 2.75) is 5.16 Å². The van der Waals surface area contributed by atoms with Crippen LogP contribution in [0.2, 0.25) is 5.02 Å². The molecule has 0 saturated heterocycles. The van der Waals surface area contributed by atoms with E-state index in [1.165, 1.54) is 11.8 Å². The fourth-order valence-corrected chi connectivity index (χ4v) is 3.61. The van der Waals surface area contributed by atoms with Gasteiger partial charge in [0.05, 0.1) is 11.4 Å². The molecule has 1 heterocycles. The summed E-state index contributed by atoms with van der Waals surface area (Å²) in [7, 11) is 0. The van der Waals surface area contributed by atoms with Crippen LogP contribution in [0.4, 0.5) is 5.69 Å². The van der Waals surface area contributed by atoms with E-state index in [0.29, 0.717) is 27.4 Å². The van der Waals surface area contributed by atoms with Crippen LogP contribution in [0.15, 0.2) is 90.3 Å². The number of ether oxygens (including phenoxy) is 1. The second-order valence-electron chi connectivity index (χ2n) is 6.21. The van der Waals surface area contributed by atoms with Gasteiger partial charge < -0.3 is 10.1 Å². The number of aromatic nitrogens is 3. The van der Waals surface area contributed by atoms with Gasteiger partial charge in [0.25, 0.3) is 0 Å². The number of thioether (sulfide) groups is 1. The van der Waals surface area contributed by atoms with Crippen molar-refractivity contribution in [3.63, 3.8) is 0 Å². The molecule has 4 aromatic rings. The molecule has 0 saturated carbocycles. The lowest BCUT2D eigenvalue weighted by molar-refractivity contribution is -0.113. The zero-order valence-corrected chi connectivity index (χ0v) is 17.3. The standard InChI is InChI=1S/C22H17ClN4O2S/c23-16-11-12-20(29-18-9-5-2-6-10-18)19(13-16)25-21(28)14-30-22-26-24-15-27(22)17-7-3-1-4-8-17/h1-13,15H,14H2,(H,25,28). The highest BCUT2D eigenvalue weighted by Crippen LogP contribution is 2.32. The molecule has 0 bridgehead atoms. The maximum atomic E-state index is 12.6. The molecule has 30 heavy (non-hydrogen) atoms. The van der Waals surface area contributed by atoms with E-state index in [1.807, 2.05) is 65.2 Å². The quantitative estimate of drug-likeness (QED) is 0.390. The lowest BCUT2D eigenvalue weighted by atomic mass is 10.3. The average Bonchev–Trinajstić information content (AvgIpc) is 3.24. The van der Waals surface area contributed by atoms with Gasteiger partial charge in [-0.05, 0) is 42.5 Å². The second kappa shape index (κ2) is 9.47. The molecule has 0 aliphatic carbocycles. The lowest BCUT2D eigenvalue weighted by Crippen LogP contribution is -2.15. The summed E-state index contributed by atoms with van der Waals surface area (Å²) in [6.07, 6.45) is 1.62. The third-order valence-corrected chi connectivity index (χ3v) is 5.25. The van der Waals surface area contributed by atoms with E-state index in [4.69, 9.17) is 16.3 Å². The van der Waals surface area contributed by atoms with E-state index in [2.05, 4.69) is 15.5 Å². The van der Waals surface area contributed by atoms with E-state index in [0.717, 1.165) is 5.69 Å². The van der Waals surface area contributed by atoms with Gasteiger partial charge in [-0.1, -0.05) is 59.8 Å². The zero-order valence-electron chi connectivity index (χ0n) is 15.7. The SMILES string of the molecule is O=C(CSc1nncn1-c1ccccc1)Nc1cc(Cl)ccc1Oc1ccccc1. The molecule has 0 fully saturated rings. The van der Waals surface area contributed by atoms with Gasteiger partial charge in [0, 0.05) is 10.7 Å². The molecule has 1 N–H and O–H groups in total. The molecule has 8 heteroatoms.